The Bertz CT molecular complexity index is 446. The second kappa shape index (κ2) is 5.21. The zero-order chi connectivity index (χ0) is 14.1. The molecular formula is C9H15NO7S. The summed E-state index contributed by atoms with van der Waals surface area (Å²) < 4.78 is 29.1. The lowest BCUT2D eigenvalue weighted by molar-refractivity contribution is -0.142. The number of carboxylic acid groups (broad SMARTS) is 1. The van der Waals surface area contributed by atoms with Gasteiger partial charge in [0.1, 0.15) is 6.04 Å². The Morgan fingerprint density at radius 1 is 1.44 bits per heavy atom. The first kappa shape index (κ1) is 14.9. The molecule has 18 heavy (non-hydrogen) atoms. The second-order valence-electron chi connectivity index (χ2n) is 4.02. The van der Waals surface area contributed by atoms with Gasteiger partial charge in [0.05, 0.1) is 13.2 Å². The van der Waals surface area contributed by atoms with Crippen molar-refractivity contribution in [3.8, 4) is 0 Å². The van der Waals surface area contributed by atoms with Crippen molar-refractivity contribution in [1.29, 1.82) is 0 Å². The van der Waals surface area contributed by atoms with Gasteiger partial charge in [0.2, 0.25) is 10.0 Å². The third-order valence-electron chi connectivity index (χ3n) is 2.83. The number of nitrogens with zero attached hydrogens (tertiary/aromatic N) is 1. The summed E-state index contributed by atoms with van der Waals surface area (Å²) in [6.45, 7) is 0.783. The van der Waals surface area contributed by atoms with Gasteiger partial charge in [-0.3, -0.25) is 9.59 Å². The molecule has 1 fully saturated rings. The van der Waals surface area contributed by atoms with Crippen molar-refractivity contribution in [2.75, 3.05) is 13.7 Å². The summed E-state index contributed by atoms with van der Waals surface area (Å²) in [5.74, 6) is -2.33. The van der Waals surface area contributed by atoms with Crippen LogP contribution in [0.4, 0.5) is 0 Å². The maximum absolute atomic E-state index is 12.0. The lowest BCUT2D eigenvalue weighted by Gasteiger charge is -2.23. The van der Waals surface area contributed by atoms with Crippen molar-refractivity contribution in [2.24, 2.45) is 0 Å². The van der Waals surface area contributed by atoms with Crippen LogP contribution in [0.25, 0.3) is 0 Å². The molecule has 0 aromatic carbocycles. The number of carboxylic acids is 1. The molecule has 0 aromatic heterocycles. The maximum Gasteiger partial charge on any atom is 0.325 e. The normalized spacial score (nSPS) is 26.8. The number of esters is 1. The van der Waals surface area contributed by atoms with E-state index in [4.69, 9.17) is 5.11 Å². The summed E-state index contributed by atoms with van der Waals surface area (Å²) in [5, 5.41) is 16.8. The van der Waals surface area contributed by atoms with E-state index in [2.05, 4.69) is 4.74 Å². The maximum atomic E-state index is 12.0. The number of aliphatic carboxylic acids is 1. The molecule has 8 nitrogen and oxygen atoms in total. The zero-order valence-corrected chi connectivity index (χ0v) is 10.8. The fraction of sp³-hybridized carbons (Fsp3) is 0.778. The smallest absolute Gasteiger partial charge is 0.325 e. The highest BCUT2D eigenvalue weighted by Crippen LogP contribution is 2.24. The van der Waals surface area contributed by atoms with Crippen molar-refractivity contribution >= 4 is 22.0 Å². The van der Waals surface area contributed by atoms with Gasteiger partial charge in [0.15, 0.2) is 5.25 Å². The number of rotatable bonds is 4. The van der Waals surface area contributed by atoms with Gasteiger partial charge in [-0.2, -0.15) is 4.31 Å². The summed E-state index contributed by atoms with van der Waals surface area (Å²) in [5.41, 5.74) is 0. The molecule has 0 aromatic rings. The molecule has 1 saturated heterocycles. The van der Waals surface area contributed by atoms with E-state index in [1.54, 1.807) is 0 Å². The van der Waals surface area contributed by atoms with E-state index < -0.39 is 39.4 Å². The predicted molar refractivity (Wildman–Crippen MR) is 59.2 cm³/mol. The highest BCUT2D eigenvalue weighted by molar-refractivity contribution is 7.90. The number of aliphatic hydroxyl groups is 1. The van der Waals surface area contributed by atoms with Gasteiger partial charge >= 0.3 is 11.9 Å². The summed E-state index contributed by atoms with van der Waals surface area (Å²) in [7, 11) is -3.12. The lowest BCUT2D eigenvalue weighted by Crippen LogP contribution is -2.46. The Balaban J connectivity index is 3.04. The van der Waals surface area contributed by atoms with Crippen LogP contribution in [-0.4, -0.2) is 65.9 Å². The van der Waals surface area contributed by atoms with Crippen LogP contribution in [0.1, 0.15) is 13.3 Å². The SMILES string of the molecule is COC(=O)C(C)S(=O)(=O)N1C[C@H](O)C[C@@H]1C(=O)O. The molecule has 9 heteroatoms. The van der Waals surface area contributed by atoms with E-state index in [0.29, 0.717) is 4.31 Å². The van der Waals surface area contributed by atoms with Crippen LogP contribution >= 0.6 is 0 Å². The van der Waals surface area contributed by atoms with Crippen molar-refractivity contribution in [1.82, 2.24) is 4.31 Å². The van der Waals surface area contributed by atoms with Gasteiger partial charge in [0.25, 0.3) is 0 Å². The minimum atomic E-state index is -4.16. The van der Waals surface area contributed by atoms with Crippen molar-refractivity contribution < 1.29 is 33.0 Å². The van der Waals surface area contributed by atoms with Crippen LogP contribution in [0.3, 0.4) is 0 Å². The topological polar surface area (TPSA) is 121 Å². The number of hydrogen-bond donors (Lipinski definition) is 2. The first-order valence-corrected chi connectivity index (χ1v) is 6.71. The van der Waals surface area contributed by atoms with E-state index in [-0.39, 0.29) is 13.0 Å². The quantitative estimate of drug-likeness (QED) is 0.595. The zero-order valence-electron chi connectivity index (χ0n) is 9.94. The Morgan fingerprint density at radius 2 is 2.00 bits per heavy atom. The van der Waals surface area contributed by atoms with Gasteiger partial charge in [-0.25, -0.2) is 8.42 Å². The minimum absolute atomic E-state index is 0.192. The van der Waals surface area contributed by atoms with Gasteiger partial charge in [-0.05, 0) is 6.92 Å². The number of carbonyl (C=O) groups excluding carboxylic acids is 1. The number of hydrogen-bond acceptors (Lipinski definition) is 6. The van der Waals surface area contributed by atoms with E-state index in [1.165, 1.54) is 0 Å². The molecular weight excluding hydrogens is 266 g/mol. The van der Waals surface area contributed by atoms with Crippen molar-refractivity contribution in [2.45, 2.75) is 30.7 Å². The van der Waals surface area contributed by atoms with Crippen molar-refractivity contribution in [3.63, 3.8) is 0 Å². The molecule has 104 valence electrons. The first-order valence-electron chi connectivity index (χ1n) is 5.21. The van der Waals surface area contributed by atoms with Crippen molar-refractivity contribution in [3.05, 3.63) is 0 Å². The molecule has 0 amide bonds. The van der Waals surface area contributed by atoms with E-state index in [0.717, 1.165) is 14.0 Å². The van der Waals surface area contributed by atoms with Crippen LogP contribution in [0.5, 0.6) is 0 Å². The number of ether oxygens (including phenoxy) is 1. The number of sulfonamides is 1. The third-order valence-corrected chi connectivity index (χ3v) is 4.97. The average molecular weight is 281 g/mol. The second-order valence-corrected chi connectivity index (χ2v) is 6.23. The predicted octanol–water partition coefficient (Wildman–Crippen LogP) is -1.60. The van der Waals surface area contributed by atoms with Crippen LogP contribution in [-0.2, 0) is 24.3 Å². The van der Waals surface area contributed by atoms with Crippen LogP contribution < -0.4 is 0 Å². The Hall–Kier alpha value is -1.19. The molecule has 3 atom stereocenters. The molecule has 1 aliphatic rings. The number of methoxy groups -OCH3 is 1. The Kier molecular flexibility index (Phi) is 4.30. The fourth-order valence-corrected chi connectivity index (χ4v) is 3.44. The summed E-state index contributed by atoms with van der Waals surface area (Å²) in [4.78, 5) is 22.2. The highest BCUT2D eigenvalue weighted by atomic mass is 32.2. The summed E-state index contributed by atoms with van der Waals surface area (Å²) >= 11 is 0. The average Bonchev–Trinajstić information content (AvgIpc) is 2.70. The number of carbonyl (C=O) groups is 2. The molecule has 2 N–H and O–H groups in total. The van der Waals surface area contributed by atoms with E-state index >= 15 is 0 Å². The fourth-order valence-electron chi connectivity index (χ4n) is 1.78. The van der Waals surface area contributed by atoms with Gasteiger partial charge in [-0.15, -0.1) is 0 Å². The largest absolute Gasteiger partial charge is 0.480 e. The number of aliphatic hydroxyl groups excluding tert-OH is 1. The molecule has 0 spiro atoms. The van der Waals surface area contributed by atoms with E-state index in [1.807, 2.05) is 0 Å². The number of β-amino-alcohol motifs (C(OH)–C–C–N with tert-alkyl or cyclic N) is 1. The Morgan fingerprint density at radius 3 is 2.44 bits per heavy atom. The van der Waals surface area contributed by atoms with Crippen LogP contribution in [0.2, 0.25) is 0 Å². The Labute approximate surface area is 104 Å². The summed E-state index contributed by atoms with van der Waals surface area (Å²) in [6, 6.07) is -1.35. The monoisotopic (exact) mass is 281 g/mol. The molecule has 1 rings (SSSR count). The lowest BCUT2D eigenvalue weighted by atomic mass is 10.2. The molecule has 1 unspecified atom stereocenters. The first-order chi connectivity index (χ1) is 8.21. The third kappa shape index (κ3) is 2.62. The molecule has 0 saturated carbocycles. The molecule has 1 aliphatic heterocycles. The van der Waals surface area contributed by atoms with Crippen LogP contribution in [0.15, 0.2) is 0 Å². The van der Waals surface area contributed by atoms with Crippen LogP contribution in [0, 0.1) is 0 Å². The molecule has 1 heterocycles. The summed E-state index contributed by atoms with van der Waals surface area (Å²) in [6.07, 6.45) is -1.24. The van der Waals surface area contributed by atoms with Gasteiger partial charge in [-0.1, -0.05) is 0 Å². The molecule has 0 radical (unpaired) electrons. The highest BCUT2D eigenvalue weighted by Gasteiger charge is 2.46. The molecule has 0 bridgehead atoms. The van der Waals surface area contributed by atoms with E-state index in [9.17, 15) is 23.1 Å². The van der Waals surface area contributed by atoms with Gasteiger partial charge in [0, 0.05) is 13.0 Å². The minimum Gasteiger partial charge on any atom is -0.480 e. The standard InChI is InChI=1S/C9H15NO7S/c1-5(9(14)17-2)18(15,16)10-4-6(11)3-7(10)8(12)13/h5-7,11H,3-4H2,1-2H3,(H,12,13)/t5?,6-,7-/m1/s1. The molecule has 0 aliphatic carbocycles. The van der Waals surface area contributed by atoms with Gasteiger partial charge < -0.3 is 14.9 Å².